The van der Waals surface area contributed by atoms with E-state index in [2.05, 4.69) is 0 Å². The third-order valence-corrected chi connectivity index (χ3v) is 3.78. The predicted octanol–water partition coefficient (Wildman–Crippen LogP) is 1.02. The SMILES string of the molecule is OC1C2CC3CC(C2)C31. The van der Waals surface area contributed by atoms with E-state index >= 15 is 0 Å². The van der Waals surface area contributed by atoms with Crippen molar-refractivity contribution in [1.82, 2.24) is 0 Å². The first-order valence-electron chi connectivity index (χ1n) is 4.04. The fraction of sp³-hybridized carbons (Fsp3) is 1.00. The summed E-state index contributed by atoms with van der Waals surface area (Å²) in [6.07, 6.45) is 4.26. The van der Waals surface area contributed by atoms with Crippen LogP contribution in [0.5, 0.6) is 0 Å². The summed E-state index contributed by atoms with van der Waals surface area (Å²) >= 11 is 0. The summed E-state index contributed by atoms with van der Waals surface area (Å²) in [6.45, 7) is 0. The quantitative estimate of drug-likeness (QED) is 0.511. The molecule has 3 aliphatic carbocycles. The van der Waals surface area contributed by atoms with E-state index in [9.17, 15) is 5.11 Å². The molecule has 1 N–H and O–H groups in total. The van der Waals surface area contributed by atoms with E-state index in [1.54, 1.807) is 0 Å². The molecule has 3 saturated carbocycles. The molecule has 3 unspecified atom stereocenters. The second kappa shape index (κ2) is 1.20. The van der Waals surface area contributed by atoms with Gasteiger partial charge >= 0.3 is 0 Å². The summed E-state index contributed by atoms with van der Waals surface area (Å²) in [4.78, 5) is 0. The van der Waals surface area contributed by atoms with Gasteiger partial charge in [-0.15, -0.1) is 0 Å². The molecule has 0 aliphatic heterocycles. The van der Waals surface area contributed by atoms with Crippen molar-refractivity contribution in [2.45, 2.75) is 25.4 Å². The van der Waals surface area contributed by atoms with E-state index < -0.39 is 0 Å². The van der Waals surface area contributed by atoms with Gasteiger partial charge in [-0.3, -0.25) is 0 Å². The first-order valence-corrected chi connectivity index (χ1v) is 4.04. The lowest BCUT2D eigenvalue weighted by Crippen LogP contribution is -2.35. The lowest BCUT2D eigenvalue weighted by molar-refractivity contribution is 0.0377. The van der Waals surface area contributed by atoms with Crippen LogP contribution in [-0.2, 0) is 0 Å². The van der Waals surface area contributed by atoms with Crippen molar-refractivity contribution in [3.63, 3.8) is 0 Å². The Balaban J connectivity index is 2.01. The molecule has 0 amide bonds. The van der Waals surface area contributed by atoms with E-state index in [0.717, 1.165) is 23.7 Å². The van der Waals surface area contributed by atoms with Crippen molar-refractivity contribution in [2.75, 3.05) is 0 Å². The summed E-state index contributed by atoms with van der Waals surface area (Å²) in [5.74, 6) is 3.38. The zero-order chi connectivity index (χ0) is 6.01. The largest absolute Gasteiger partial charge is 0.393 e. The van der Waals surface area contributed by atoms with E-state index in [1.807, 2.05) is 0 Å². The highest BCUT2D eigenvalue weighted by molar-refractivity contribution is 5.09. The molecule has 3 fully saturated rings. The minimum absolute atomic E-state index is 0.119. The van der Waals surface area contributed by atoms with E-state index in [-0.39, 0.29) is 6.10 Å². The second-order valence-electron chi connectivity index (χ2n) is 4.06. The first kappa shape index (κ1) is 4.73. The lowest BCUT2D eigenvalue weighted by atomic mass is 9.64. The summed E-state index contributed by atoms with van der Waals surface area (Å²) in [6, 6.07) is 0. The normalized spacial score (nSPS) is 68.3. The van der Waals surface area contributed by atoms with Crippen LogP contribution in [0.4, 0.5) is 0 Å². The van der Waals surface area contributed by atoms with Crippen molar-refractivity contribution < 1.29 is 5.11 Å². The molecule has 3 aliphatic rings. The van der Waals surface area contributed by atoms with Gasteiger partial charge in [-0.2, -0.15) is 0 Å². The summed E-state index contributed by atoms with van der Waals surface area (Å²) < 4.78 is 0. The van der Waals surface area contributed by atoms with Gasteiger partial charge in [0.15, 0.2) is 0 Å². The first-order chi connectivity index (χ1) is 4.36. The third kappa shape index (κ3) is 0.362. The smallest absolute Gasteiger partial charge is 0.0602 e. The number of hydrogen-bond donors (Lipinski definition) is 1. The molecule has 3 atom stereocenters. The van der Waals surface area contributed by atoms with Gasteiger partial charge in [-0.05, 0) is 42.9 Å². The second-order valence-corrected chi connectivity index (χ2v) is 4.06. The van der Waals surface area contributed by atoms with Crippen molar-refractivity contribution in [2.24, 2.45) is 23.7 Å². The maximum Gasteiger partial charge on any atom is 0.0602 e. The lowest BCUT2D eigenvalue weighted by Gasteiger charge is -2.41. The van der Waals surface area contributed by atoms with Gasteiger partial charge in [0.2, 0.25) is 0 Å². The van der Waals surface area contributed by atoms with Crippen LogP contribution in [0.2, 0.25) is 0 Å². The monoisotopic (exact) mass is 124 g/mol. The van der Waals surface area contributed by atoms with Crippen LogP contribution in [0.25, 0.3) is 0 Å². The Morgan fingerprint density at radius 3 is 1.67 bits per heavy atom. The maximum absolute atomic E-state index is 9.53. The van der Waals surface area contributed by atoms with Crippen molar-refractivity contribution in [3.05, 3.63) is 0 Å². The molecule has 0 saturated heterocycles. The van der Waals surface area contributed by atoms with Crippen LogP contribution in [-0.4, -0.2) is 11.2 Å². The molecule has 1 nitrogen and oxygen atoms in total. The fourth-order valence-corrected chi connectivity index (χ4v) is 3.42. The average Bonchev–Trinajstić information content (AvgIpc) is 2.19. The molecule has 9 heavy (non-hydrogen) atoms. The highest BCUT2D eigenvalue weighted by Gasteiger charge is 2.59. The Labute approximate surface area is 55.1 Å². The fourth-order valence-electron chi connectivity index (χ4n) is 3.42. The Kier molecular flexibility index (Phi) is 0.628. The number of aliphatic hydroxyl groups is 1. The molecule has 3 rings (SSSR count). The molecule has 0 aromatic heterocycles. The number of fused-ring (bicyclic) bond motifs is 1. The summed E-state index contributed by atoms with van der Waals surface area (Å²) in [5.41, 5.74) is 0. The van der Waals surface area contributed by atoms with Crippen LogP contribution < -0.4 is 0 Å². The third-order valence-electron chi connectivity index (χ3n) is 3.78. The number of rotatable bonds is 0. The molecular formula is C8H12O. The highest BCUT2D eigenvalue weighted by Crippen LogP contribution is 2.63. The van der Waals surface area contributed by atoms with Gasteiger partial charge < -0.3 is 5.11 Å². The topological polar surface area (TPSA) is 20.2 Å². The summed E-state index contributed by atoms with van der Waals surface area (Å²) in [5, 5.41) is 9.53. The molecular weight excluding hydrogens is 112 g/mol. The zero-order valence-corrected chi connectivity index (χ0v) is 5.46. The Morgan fingerprint density at radius 1 is 0.889 bits per heavy atom. The molecule has 0 radical (unpaired) electrons. The van der Waals surface area contributed by atoms with Crippen molar-refractivity contribution in [1.29, 1.82) is 0 Å². The summed E-state index contributed by atoms with van der Waals surface area (Å²) in [7, 11) is 0. The van der Waals surface area contributed by atoms with Gasteiger partial charge in [-0.25, -0.2) is 0 Å². The predicted molar refractivity (Wildman–Crippen MR) is 33.8 cm³/mol. The van der Waals surface area contributed by atoms with Crippen LogP contribution in [0.1, 0.15) is 19.3 Å². The van der Waals surface area contributed by atoms with Crippen LogP contribution in [0.15, 0.2) is 0 Å². The minimum atomic E-state index is 0.119. The van der Waals surface area contributed by atoms with Crippen molar-refractivity contribution in [3.8, 4) is 0 Å². The Hall–Kier alpha value is -0.0400. The van der Waals surface area contributed by atoms with E-state index in [1.165, 1.54) is 19.3 Å². The van der Waals surface area contributed by atoms with Gasteiger partial charge in [0.05, 0.1) is 6.10 Å². The standard InChI is InChI=1S/C8H12O/c9-8-6-2-4-1-5(3-6)7(4)8/h4-9H,1-3H2. The van der Waals surface area contributed by atoms with Crippen LogP contribution >= 0.6 is 0 Å². The molecule has 2 bridgehead atoms. The molecule has 0 aromatic rings. The van der Waals surface area contributed by atoms with E-state index in [0.29, 0.717) is 0 Å². The van der Waals surface area contributed by atoms with Gasteiger partial charge in [0, 0.05) is 0 Å². The maximum atomic E-state index is 9.53. The van der Waals surface area contributed by atoms with Gasteiger partial charge in [0.1, 0.15) is 0 Å². The molecule has 0 aromatic carbocycles. The zero-order valence-electron chi connectivity index (χ0n) is 5.46. The molecule has 0 spiro atoms. The Bertz CT molecular complexity index is 143. The molecule has 1 heteroatoms. The average molecular weight is 124 g/mol. The van der Waals surface area contributed by atoms with Crippen LogP contribution in [0, 0.1) is 23.7 Å². The van der Waals surface area contributed by atoms with Crippen molar-refractivity contribution >= 4 is 0 Å². The Morgan fingerprint density at radius 2 is 1.44 bits per heavy atom. The van der Waals surface area contributed by atoms with Gasteiger partial charge in [0.25, 0.3) is 0 Å². The van der Waals surface area contributed by atoms with E-state index in [4.69, 9.17) is 0 Å². The highest BCUT2D eigenvalue weighted by atomic mass is 16.3. The minimum Gasteiger partial charge on any atom is -0.393 e. The molecule has 50 valence electrons. The van der Waals surface area contributed by atoms with Crippen LogP contribution in [0.3, 0.4) is 0 Å². The van der Waals surface area contributed by atoms with Gasteiger partial charge in [-0.1, -0.05) is 0 Å². The number of aliphatic hydroxyl groups excluding tert-OH is 1. The number of hydrogen-bond acceptors (Lipinski definition) is 1. The molecule has 0 heterocycles.